The molecule has 0 atom stereocenters. The van der Waals surface area contributed by atoms with Crippen molar-refractivity contribution in [3.63, 3.8) is 0 Å². The molecule has 0 bridgehead atoms. The third-order valence-electron chi connectivity index (χ3n) is 4.96. The Morgan fingerprint density at radius 3 is 2.23 bits per heavy atom. The van der Waals surface area contributed by atoms with E-state index in [1.165, 1.54) is 0 Å². The van der Waals surface area contributed by atoms with Gasteiger partial charge in [0.15, 0.2) is 6.61 Å². The van der Waals surface area contributed by atoms with E-state index in [1.807, 2.05) is 12.1 Å². The van der Waals surface area contributed by atoms with Crippen LogP contribution in [0.2, 0.25) is 0 Å². The van der Waals surface area contributed by atoms with Crippen molar-refractivity contribution in [2.45, 2.75) is 64.3 Å². The molecule has 0 aliphatic heterocycles. The number of amides is 4. The predicted molar refractivity (Wildman–Crippen MR) is 112 cm³/mol. The molecule has 30 heavy (non-hydrogen) atoms. The van der Waals surface area contributed by atoms with Crippen LogP contribution in [0.4, 0.5) is 4.79 Å². The van der Waals surface area contributed by atoms with Crippen LogP contribution in [0.15, 0.2) is 24.3 Å². The second kappa shape index (κ2) is 10.8. The topological polar surface area (TPSA) is 114 Å². The first-order chi connectivity index (χ1) is 14.1. The number of hydrogen-bond acceptors (Lipinski definition) is 5. The van der Waals surface area contributed by atoms with Gasteiger partial charge in [-0.2, -0.15) is 0 Å². The normalized spacial score (nSPS) is 14.5. The van der Waals surface area contributed by atoms with Gasteiger partial charge >= 0.3 is 12.0 Å². The van der Waals surface area contributed by atoms with Gasteiger partial charge < -0.3 is 15.4 Å². The van der Waals surface area contributed by atoms with Crippen molar-refractivity contribution in [2.75, 3.05) is 13.2 Å². The van der Waals surface area contributed by atoms with E-state index >= 15 is 0 Å². The van der Waals surface area contributed by atoms with Crippen LogP contribution in [-0.4, -0.2) is 43.0 Å². The lowest BCUT2D eigenvalue weighted by Crippen LogP contribution is -2.46. The molecule has 1 aromatic carbocycles. The lowest BCUT2D eigenvalue weighted by Gasteiger charge is -2.22. The minimum Gasteiger partial charge on any atom is -0.454 e. The van der Waals surface area contributed by atoms with E-state index in [2.05, 4.69) is 36.7 Å². The number of carbonyl (C=O) groups is 4. The van der Waals surface area contributed by atoms with Crippen LogP contribution >= 0.6 is 0 Å². The summed E-state index contributed by atoms with van der Waals surface area (Å²) in [6, 6.07) is 6.61. The van der Waals surface area contributed by atoms with E-state index in [-0.39, 0.29) is 18.0 Å². The van der Waals surface area contributed by atoms with Gasteiger partial charge in [-0.15, -0.1) is 0 Å². The summed E-state index contributed by atoms with van der Waals surface area (Å²) in [5.74, 6) is -1.90. The Morgan fingerprint density at radius 2 is 1.63 bits per heavy atom. The summed E-state index contributed by atoms with van der Waals surface area (Å²) < 4.78 is 4.80. The highest BCUT2D eigenvalue weighted by Crippen LogP contribution is 2.22. The quantitative estimate of drug-likeness (QED) is 0.615. The first-order valence-corrected chi connectivity index (χ1v) is 10.3. The zero-order chi connectivity index (χ0) is 22.1. The predicted octanol–water partition coefficient (Wildman–Crippen LogP) is 2.42. The molecule has 4 amide bonds. The Balaban J connectivity index is 1.66. The van der Waals surface area contributed by atoms with Crippen LogP contribution in [0, 0.1) is 0 Å². The highest BCUT2D eigenvalue weighted by molar-refractivity contribution is 5.97. The third kappa shape index (κ3) is 7.85. The van der Waals surface area contributed by atoms with Gasteiger partial charge in [0.05, 0.1) is 0 Å². The molecule has 0 aromatic heterocycles. The molecule has 0 heterocycles. The highest BCUT2D eigenvalue weighted by Gasteiger charge is 2.18. The van der Waals surface area contributed by atoms with Crippen molar-refractivity contribution < 1.29 is 23.9 Å². The Kier molecular flexibility index (Phi) is 8.38. The standard InChI is InChI=1S/C22H31N3O5/c1-22(2,3)16-11-9-15(10-12-16)20(28)23-13-19(27)30-14-18(26)25-21(29)24-17-7-5-4-6-8-17/h9-12,17H,4-8,13-14H2,1-3H3,(H,23,28)(H2,24,25,26,29). The number of urea groups is 1. The summed E-state index contributed by atoms with van der Waals surface area (Å²) in [6.45, 7) is 5.27. The molecule has 1 fully saturated rings. The van der Waals surface area contributed by atoms with Crippen LogP contribution in [0.1, 0.15) is 68.8 Å². The summed E-state index contributed by atoms with van der Waals surface area (Å²) in [5, 5.41) is 7.33. The fraction of sp³-hybridized carbons (Fsp3) is 0.545. The van der Waals surface area contributed by atoms with Crippen molar-refractivity contribution in [1.29, 1.82) is 0 Å². The van der Waals surface area contributed by atoms with E-state index in [9.17, 15) is 19.2 Å². The Bertz CT molecular complexity index is 762. The highest BCUT2D eigenvalue weighted by atomic mass is 16.5. The maximum absolute atomic E-state index is 12.1. The minimum atomic E-state index is -0.766. The Morgan fingerprint density at radius 1 is 1.00 bits per heavy atom. The maximum Gasteiger partial charge on any atom is 0.325 e. The molecule has 8 nitrogen and oxygen atoms in total. The van der Waals surface area contributed by atoms with Crippen LogP contribution < -0.4 is 16.0 Å². The SMILES string of the molecule is CC(C)(C)c1ccc(C(=O)NCC(=O)OCC(=O)NC(=O)NC2CCCCC2)cc1. The van der Waals surface area contributed by atoms with Gasteiger partial charge in [0.2, 0.25) is 0 Å². The zero-order valence-electron chi connectivity index (χ0n) is 17.9. The molecule has 164 valence electrons. The minimum absolute atomic E-state index is 0.0211. The Hall–Kier alpha value is -2.90. The van der Waals surface area contributed by atoms with E-state index in [4.69, 9.17) is 4.74 Å². The summed E-state index contributed by atoms with van der Waals surface area (Å²) >= 11 is 0. The summed E-state index contributed by atoms with van der Waals surface area (Å²) in [4.78, 5) is 47.4. The maximum atomic E-state index is 12.1. The summed E-state index contributed by atoms with van der Waals surface area (Å²) in [5.41, 5.74) is 1.50. The molecule has 0 spiro atoms. The van der Waals surface area contributed by atoms with Crippen LogP contribution in [0.3, 0.4) is 0 Å². The fourth-order valence-corrected chi connectivity index (χ4v) is 3.20. The monoisotopic (exact) mass is 417 g/mol. The number of rotatable bonds is 6. The van der Waals surface area contributed by atoms with Gasteiger partial charge in [-0.05, 0) is 36.0 Å². The fourth-order valence-electron chi connectivity index (χ4n) is 3.20. The molecule has 1 aliphatic carbocycles. The molecule has 3 N–H and O–H groups in total. The lowest BCUT2D eigenvalue weighted by molar-refractivity contribution is -0.147. The number of imide groups is 1. The molecular weight excluding hydrogens is 386 g/mol. The molecule has 0 saturated heterocycles. The van der Waals surface area contributed by atoms with Gasteiger partial charge in [-0.25, -0.2) is 4.79 Å². The third-order valence-corrected chi connectivity index (χ3v) is 4.96. The molecular formula is C22H31N3O5. The molecule has 0 unspecified atom stereocenters. The number of carbonyl (C=O) groups excluding carboxylic acids is 4. The number of benzene rings is 1. The lowest BCUT2D eigenvalue weighted by atomic mass is 9.87. The van der Waals surface area contributed by atoms with Crippen molar-refractivity contribution in [3.8, 4) is 0 Å². The molecule has 2 rings (SSSR count). The smallest absolute Gasteiger partial charge is 0.325 e. The molecule has 8 heteroatoms. The first-order valence-electron chi connectivity index (χ1n) is 10.3. The van der Waals surface area contributed by atoms with Gasteiger partial charge in [0, 0.05) is 11.6 Å². The van der Waals surface area contributed by atoms with Gasteiger partial charge in [-0.3, -0.25) is 19.7 Å². The molecule has 1 aliphatic rings. The second-order valence-electron chi connectivity index (χ2n) is 8.53. The van der Waals surface area contributed by atoms with E-state index < -0.39 is 30.4 Å². The average Bonchev–Trinajstić information content (AvgIpc) is 2.70. The van der Waals surface area contributed by atoms with Crippen molar-refractivity contribution >= 4 is 23.8 Å². The first kappa shape index (κ1) is 23.4. The van der Waals surface area contributed by atoms with Crippen LogP contribution in [0.5, 0.6) is 0 Å². The van der Waals surface area contributed by atoms with Crippen LogP contribution in [0.25, 0.3) is 0 Å². The van der Waals surface area contributed by atoms with Gasteiger partial charge in [0.1, 0.15) is 6.54 Å². The average molecular weight is 418 g/mol. The number of esters is 1. The second-order valence-corrected chi connectivity index (χ2v) is 8.53. The van der Waals surface area contributed by atoms with Gasteiger partial charge in [0.25, 0.3) is 11.8 Å². The van der Waals surface area contributed by atoms with Crippen molar-refractivity contribution in [1.82, 2.24) is 16.0 Å². The van der Waals surface area contributed by atoms with E-state index in [1.54, 1.807) is 12.1 Å². The number of hydrogen-bond donors (Lipinski definition) is 3. The Labute approximate surface area is 177 Å². The van der Waals surface area contributed by atoms with Crippen LogP contribution in [-0.2, 0) is 19.7 Å². The summed E-state index contributed by atoms with van der Waals surface area (Å²) in [7, 11) is 0. The summed E-state index contributed by atoms with van der Waals surface area (Å²) in [6.07, 6.45) is 5.07. The largest absolute Gasteiger partial charge is 0.454 e. The molecule has 1 aromatic rings. The zero-order valence-corrected chi connectivity index (χ0v) is 17.9. The van der Waals surface area contributed by atoms with Crippen molar-refractivity contribution in [3.05, 3.63) is 35.4 Å². The van der Waals surface area contributed by atoms with Gasteiger partial charge in [-0.1, -0.05) is 52.2 Å². The van der Waals surface area contributed by atoms with E-state index in [0.717, 1.165) is 37.7 Å². The number of ether oxygens (including phenoxy) is 1. The van der Waals surface area contributed by atoms with Crippen molar-refractivity contribution in [2.24, 2.45) is 0 Å². The number of nitrogens with one attached hydrogen (secondary N) is 3. The van der Waals surface area contributed by atoms with E-state index in [0.29, 0.717) is 5.56 Å². The molecule has 0 radical (unpaired) electrons. The molecule has 1 saturated carbocycles.